The van der Waals surface area contributed by atoms with E-state index in [4.69, 9.17) is 4.74 Å². The maximum absolute atomic E-state index is 11.8. The molecule has 1 amide bonds. The van der Waals surface area contributed by atoms with Gasteiger partial charge in [-0.05, 0) is 38.2 Å². The quantitative estimate of drug-likeness (QED) is 0.928. The van der Waals surface area contributed by atoms with E-state index in [1.807, 2.05) is 11.8 Å². The molecule has 1 saturated heterocycles. The fraction of sp³-hybridized carbons (Fsp3) is 0.611. The number of benzene rings is 1. The Balaban J connectivity index is 1.49. The number of morpholine rings is 1. The van der Waals surface area contributed by atoms with Crippen molar-refractivity contribution < 1.29 is 9.53 Å². The van der Waals surface area contributed by atoms with Crippen LogP contribution in [0.15, 0.2) is 30.3 Å². The second-order valence-corrected chi connectivity index (χ2v) is 6.52. The number of ether oxygens (including phenoxy) is 1. The van der Waals surface area contributed by atoms with E-state index in [0.717, 1.165) is 45.3 Å². The molecule has 2 fully saturated rings. The highest BCUT2D eigenvalue weighted by atomic mass is 16.5. The predicted molar refractivity (Wildman–Crippen MR) is 86.5 cm³/mol. The predicted octanol–water partition coefficient (Wildman–Crippen LogP) is 2.34. The largest absolute Gasteiger partial charge is 0.363 e. The first-order valence-corrected chi connectivity index (χ1v) is 8.40. The number of carbonyl (C=O) groups excluding carboxylic acids is 1. The van der Waals surface area contributed by atoms with Crippen LogP contribution < -0.4 is 5.32 Å². The molecule has 4 nitrogen and oxygen atoms in total. The van der Waals surface area contributed by atoms with Gasteiger partial charge >= 0.3 is 0 Å². The molecule has 4 heteroatoms. The summed E-state index contributed by atoms with van der Waals surface area (Å²) in [5, 5.41) is 3.66. The smallest absolute Gasteiger partial charge is 0.248 e. The molecule has 1 heterocycles. The minimum atomic E-state index is -0.0884. The number of hydrogen-bond acceptors (Lipinski definition) is 3. The summed E-state index contributed by atoms with van der Waals surface area (Å²) in [6.45, 7) is 4.80. The zero-order valence-electron chi connectivity index (χ0n) is 13.4. The molecule has 0 bridgehead atoms. The average Bonchev–Trinajstić information content (AvgIpc) is 2.58. The molecule has 1 N–H and O–H groups in total. The van der Waals surface area contributed by atoms with Gasteiger partial charge in [0.2, 0.25) is 5.91 Å². The maximum Gasteiger partial charge on any atom is 0.248 e. The van der Waals surface area contributed by atoms with Gasteiger partial charge in [-0.2, -0.15) is 0 Å². The Morgan fingerprint density at radius 3 is 2.68 bits per heavy atom. The van der Waals surface area contributed by atoms with E-state index in [-0.39, 0.29) is 18.1 Å². The van der Waals surface area contributed by atoms with Crippen LogP contribution in [0, 0.1) is 0 Å². The Morgan fingerprint density at radius 1 is 1.27 bits per heavy atom. The molecule has 2 aliphatic rings. The summed E-state index contributed by atoms with van der Waals surface area (Å²) in [4.78, 5) is 13.7. The first-order valence-electron chi connectivity index (χ1n) is 8.40. The Morgan fingerprint density at radius 2 is 2.00 bits per heavy atom. The molecule has 22 heavy (non-hydrogen) atoms. The second-order valence-electron chi connectivity index (χ2n) is 6.52. The van der Waals surface area contributed by atoms with Crippen LogP contribution in [-0.4, -0.2) is 42.1 Å². The topological polar surface area (TPSA) is 41.6 Å². The third kappa shape index (κ3) is 3.50. The third-order valence-corrected chi connectivity index (χ3v) is 5.05. The molecule has 120 valence electrons. The van der Waals surface area contributed by atoms with Gasteiger partial charge in [-0.3, -0.25) is 4.79 Å². The van der Waals surface area contributed by atoms with Crippen molar-refractivity contribution in [3.05, 3.63) is 35.9 Å². The number of carbonyl (C=O) groups is 1. The molecule has 1 aromatic rings. The molecule has 1 spiro atoms. The van der Waals surface area contributed by atoms with Crippen molar-refractivity contribution in [3.63, 3.8) is 0 Å². The van der Waals surface area contributed by atoms with Crippen LogP contribution in [0.2, 0.25) is 0 Å². The van der Waals surface area contributed by atoms with Gasteiger partial charge in [0.1, 0.15) is 6.61 Å². The zero-order valence-corrected chi connectivity index (χ0v) is 13.4. The molecule has 1 saturated carbocycles. The van der Waals surface area contributed by atoms with Gasteiger partial charge in [-0.1, -0.05) is 30.3 Å². The average molecular weight is 302 g/mol. The summed E-state index contributed by atoms with van der Waals surface area (Å²) in [7, 11) is 0. The number of nitrogens with zero attached hydrogens (tertiary/aromatic N) is 1. The monoisotopic (exact) mass is 302 g/mol. The van der Waals surface area contributed by atoms with E-state index >= 15 is 0 Å². The van der Waals surface area contributed by atoms with Crippen LogP contribution in [0.4, 0.5) is 0 Å². The lowest BCUT2D eigenvalue weighted by atomic mass is 9.80. The number of likely N-dealkylation sites (N-methyl/N-ethyl adjacent to an activating group) is 1. The standard InChI is InChI=1S/C18H26N2O2/c1-2-20-14-18(22-13-17(20)21)10-8-16(9-11-18)19-12-15-6-4-3-5-7-15/h3-7,16,19H,2,8-14H2,1H3/t16-,18+. The lowest BCUT2D eigenvalue weighted by Gasteiger charge is -2.46. The van der Waals surface area contributed by atoms with Crippen molar-refractivity contribution in [2.45, 2.75) is 50.8 Å². The van der Waals surface area contributed by atoms with E-state index in [2.05, 4.69) is 35.6 Å². The normalized spacial score (nSPS) is 29.0. The highest BCUT2D eigenvalue weighted by molar-refractivity contribution is 5.78. The maximum atomic E-state index is 11.8. The van der Waals surface area contributed by atoms with Crippen LogP contribution in [0.3, 0.4) is 0 Å². The Bertz CT molecular complexity index is 495. The molecule has 0 atom stereocenters. The molecule has 1 aliphatic heterocycles. The highest BCUT2D eigenvalue weighted by Gasteiger charge is 2.41. The van der Waals surface area contributed by atoms with Gasteiger partial charge in [-0.25, -0.2) is 0 Å². The van der Waals surface area contributed by atoms with Crippen LogP contribution >= 0.6 is 0 Å². The van der Waals surface area contributed by atoms with Gasteiger partial charge in [0, 0.05) is 25.7 Å². The van der Waals surface area contributed by atoms with Gasteiger partial charge in [0.15, 0.2) is 0 Å². The van der Waals surface area contributed by atoms with E-state index < -0.39 is 0 Å². The molecule has 0 aromatic heterocycles. The van der Waals surface area contributed by atoms with E-state index in [9.17, 15) is 4.79 Å². The fourth-order valence-electron chi connectivity index (χ4n) is 3.58. The minimum absolute atomic E-state index is 0.0884. The molecular formula is C18H26N2O2. The number of hydrogen-bond donors (Lipinski definition) is 1. The number of nitrogens with one attached hydrogen (secondary N) is 1. The van der Waals surface area contributed by atoms with Crippen molar-refractivity contribution >= 4 is 5.91 Å². The summed E-state index contributed by atoms with van der Waals surface area (Å²) < 4.78 is 5.94. The van der Waals surface area contributed by atoms with Crippen molar-refractivity contribution in [2.24, 2.45) is 0 Å². The summed E-state index contributed by atoms with van der Waals surface area (Å²) >= 11 is 0. The Hall–Kier alpha value is -1.39. The van der Waals surface area contributed by atoms with Crippen LogP contribution in [0.1, 0.15) is 38.2 Å². The summed E-state index contributed by atoms with van der Waals surface area (Å²) in [6, 6.07) is 11.1. The first kappa shape index (κ1) is 15.5. The lowest BCUT2D eigenvalue weighted by molar-refractivity contribution is -0.169. The van der Waals surface area contributed by atoms with Gasteiger partial charge in [0.25, 0.3) is 0 Å². The van der Waals surface area contributed by atoms with Crippen LogP contribution in [0.5, 0.6) is 0 Å². The summed E-state index contributed by atoms with van der Waals surface area (Å²) in [6.07, 6.45) is 4.34. The van der Waals surface area contributed by atoms with Crippen LogP contribution in [0.25, 0.3) is 0 Å². The highest BCUT2D eigenvalue weighted by Crippen LogP contribution is 2.34. The first-order chi connectivity index (χ1) is 10.7. The summed E-state index contributed by atoms with van der Waals surface area (Å²) in [5.41, 5.74) is 1.24. The van der Waals surface area contributed by atoms with E-state index in [1.54, 1.807) is 0 Å². The lowest BCUT2D eigenvalue weighted by Crippen LogP contribution is -2.56. The molecule has 3 rings (SSSR count). The molecule has 1 aromatic carbocycles. The van der Waals surface area contributed by atoms with Crippen molar-refractivity contribution in [1.29, 1.82) is 0 Å². The number of rotatable bonds is 4. The SMILES string of the molecule is CCN1C[C@]2(CC[C@H](NCc3ccccc3)CC2)OCC1=O. The van der Waals surface area contributed by atoms with Gasteiger partial charge < -0.3 is 15.0 Å². The molecular weight excluding hydrogens is 276 g/mol. The Kier molecular flexibility index (Phi) is 4.79. The van der Waals surface area contributed by atoms with Crippen molar-refractivity contribution in [1.82, 2.24) is 10.2 Å². The van der Waals surface area contributed by atoms with Gasteiger partial charge in [-0.15, -0.1) is 0 Å². The minimum Gasteiger partial charge on any atom is -0.363 e. The fourth-order valence-corrected chi connectivity index (χ4v) is 3.58. The Labute approximate surface area is 132 Å². The molecule has 0 radical (unpaired) electrons. The van der Waals surface area contributed by atoms with E-state index in [1.165, 1.54) is 5.56 Å². The molecule has 1 aliphatic carbocycles. The van der Waals surface area contributed by atoms with Crippen LogP contribution in [-0.2, 0) is 16.1 Å². The van der Waals surface area contributed by atoms with Crippen molar-refractivity contribution in [3.8, 4) is 0 Å². The summed E-state index contributed by atoms with van der Waals surface area (Å²) in [5.74, 6) is 0.137. The van der Waals surface area contributed by atoms with E-state index in [0.29, 0.717) is 6.04 Å². The third-order valence-electron chi connectivity index (χ3n) is 5.05. The second kappa shape index (κ2) is 6.80. The van der Waals surface area contributed by atoms with Gasteiger partial charge in [0.05, 0.1) is 5.60 Å². The van der Waals surface area contributed by atoms with Crippen molar-refractivity contribution in [2.75, 3.05) is 19.7 Å². The zero-order chi connectivity index (χ0) is 15.4. The number of amides is 1. The molecule has 0 unspecified atom stereocenters.